The van der Waals surface area contributed by atoms with Crippen LogP contribution in [-0.4, -0.2) is 25.9 Å². The number of hydrogen-bond acceptors (Lipinski definition) is 6. The lowest BCUT2D eigenvalue weighted by atomic mass is 10.3. The molecule has 2 N–H and O–H groups in total. The van der Waals surface area contributed by atoms with Crippen LogP contribution in [0.25, 0.3) is 9.88 Å². The third-order valence-electron chi connectivity index (χ3n) is 3.44. The number of amides is 1. The molecule has 136 valence electrons. The third kappa shape index (κ3) is 4.76. The highest BCUT2D eigenvalue weighted by Crippen LogP contribution is 2.27. The zero-order chi connectivity index (χ0) is 18.6. The molecule has 0 radical (unpaired) electrons. The van der Waals surface area contributed by atoms with Gasteiger partial charge in [-0.25, -0.2) is 18.1 Å². The van der Waals surface area contributed by atoms with E-state index in [-0.39, 0.29) is 17.3 Å². The second-order valence-corrected chi connectivity index (χ2v) is 9.05. The van der Waals surface area contributed by atoms with Crippen LogP contribution >= 0.6 is 22.7 Å². The Morgan fingerprint density at radius 3 is 2.58 bits per heavy atom. The van der Waals surface area contributed by atoms with E-state index in [1.54, 1.807) is 34.8 Å². The molecule has 1 aromatic carbocycles. The van der Waals surface area contributed by atoms with Crippen LogP contribution in [0.3, 0.4) is 0 Å². The van der Waals surface area contributed by atoms with Gasteiger partial charge < -0.3 is 5.32 Å². The zero-order valence-electron chi connectivity index (χ0n) is 13.9. The van der Waals surface area contributed by atoms with Gasteiger partial charge >= 0.3 is 0 Å². The van der Waals surface area contributed by atoms with Crippen molar-refractivity contribution in [1.29, 1.82) is 0 Å². The molecule has 0 aliphatic carbocycles. The Labute approximate surface area is 160 Å². The van der Waals surface area contributed by atoms with Gasteiger partial charge in [0.15, 0.2) is 0 Å². The molecule has 0 fully saturated rings. The average molecular weight is 408 g/mol. The standard InChI is InChI=1S/C17H17N3O3S3/c1-12(21)19-13-4-6-15(7-5-13)26(22,23)18-9-8-14-11-25-17(20-14)16-3-2-10-24-16/h2-7,10-11,18H,8-9H2,1H3,(H,19,21). The van der Waals surface area contributed by atoms with E-state index in [1.807, 2.05) is 22.9 Å². The van der Waals surface area contributed by atoms with Crippen LogP contribution < -0.4 is 10.0 Å². The summed E-state index contributed by atoms with van der Waals surface area (Å²) in [7, 11) is -3.60. The zero-order valence-corrected chi connectivity index (χ0v) is 16.4. The molecule has 2 heterocycles. The number of thiophene rings is 1. The van der Waals surface area contributed by atoms with Crippen LogP contribution in [0.4, 0.5) is 5.69 Å². The number of hydrogen-bond donors (Lipinski definition) is 2. The molecule has 2 aromatic heterocycles. The number of aromatic nitrogens is 1. The van der Waals surface area contributed by atoms with Gasteiger partial charge in [0.25, 0.3) is 0 Å². The maximum absolute atomic E-state index is 12.3. The summed E-state index contributed by atoms with van der Waals surface area (Å²) in [4.78, 5) is 16.8. The maximum atomic E-state index is 12.3. The minimum absolute atomic E-state index is 0.157. The Hall–Kier alpha value is -2.07. The first kappa shape index (κ1) is 18.7. The van der Waals surface area contributed by atoms with E-state index in [0.29, 0.717) is 12.1 Å². The fourth-order valence-electron chi connectivity index (χ4n) is 2.25. The predicted molar refractivity (Wildman–Crippen MR) is 105 cm³/mol. The Morgan fingerprint density at radius 2 is 1.92 bits per heavy atom. The van der Waals surface area contributed by atoms with Gasteiger partial charge in [0.1, 0.15) is 5.01 Å². The summed E-state index contributed by atoms with van der Waals surface area (Å²) in [6, 6.07) is 10.0. The normalized spacial score (nSPS) is 11.4. The van der Waals surface area contributed by atoms with E-state index < -0.39 is 10.0 Å². The van der Waals surface area contributed by atoms with E-state index in [2.05, 4.69) is 15.0 Å². The van der Waals surface area contributed by atoms with Gasteiger partial charge in [-0.05, 0) is 35.7 Å². The Kier molecular flexibility index (Phi) is 5.82. The van der Waals surface area contributed by atoms with Crippen molar-refractivity contribution in [3.05, 3.63) is 52.9 Å². The second kappa shape index (κ2) is 8.09. The topological polar surface area (TPSA) is 88.2 Å². The van der Waals surface area contributed by atoms with Gasteiger partial charge in [-0.1, -0.05) is 6.07 Å². The largest absolute Gasteiger partial charge is 0.326 e. The maximum Gasteiger partial charge on any atom is 0.240 e. The second-order valence-electron chi connectivity index (χ2n) is 5.47. The van der Waals surface area contributed by atoms with Crippen LogP contribution in [0.2, 0.25) is 0 Å². The number of carbonyl (C=O) groups excluding carboxylic acids is 1. The fraction of sp³-hybridized carbons (Fsp3) is 0.176. The molecule has 0 unspecified atom stereocenters. The van der Waals surface area contributed by atoms with E-state index in [1.165, 1.54) is 19.1 Å². The van der Waals surface area contributed by atoms with E-state index in [9.17, 15) is 13.2 Å². The third-order valence-corrected chi connectivity index (χ3v) is 6.85. The first-order chi connectivity index (χ1) is 12.4. The highest BCUT2D eigenvalue weighted by atomic mass is 32.2. The highest BCUT2D eigenvalue weighted by molar-refractivity contribution is 7.89. The van der Waals surface area contributed by atoms with Crippen molar-refractivity contribution in [3.63, 3.8) is 0 Å². The van der Waals surface area contributed by atoms with Crippen molar-refractivity contribution in [2.45, 2.75) is 18.2 Å². The number of carbonyl (C=O) groups is 1. The number of sulfonamides is 1. The summed E-state index contributed by atoms with van der Waals surface area (Å²) in [5.74, 6) is -0.205. The predicted octanol–water partition coefficient (Wildman–Crippen LogP) is 3.35. The molecule has 6 nitrogen and oxygen atoms in total. The van der Waals surface area contributed by atoms with E-state index >= 15 is 0 Å². The van der Waals surface area contributed by atoms with Crippen molar-refractivity contribution in [3.8, 4) is 9.88 Å². The number of nitrogens with one attached hydrogen (secondary N) is 2. The van der Waals surface area contributed by atoms with Crippen molar-refractivity contribution in [2.75, 3.05) is 11.9 Å². The van der Waals surface area contributed by atoms with Crippen LogP contribution in [0, 0.1) is 0 Å². The Morgan fingerprint density at radius 1 is 1.15 bits per heavy atom. The van der Waals surface area contributed by atoms with E-state index in [0.717, 1.165) is 15.6 Å². The molecule has 3 rings (SSSR count). The van der Waals surface area contributed by atoms with Gasteiger partial charge in [-0.15, -0.1) is 22.7 Å². The first-order valence-corrected chi connectivity index (χ1v) is 11.0. The molecular weight excluding hydrogens is 390 g/mol. The van der Waals surface area contributed by atoms with Crippen LogP contribution in [0.1, 0.15) is 12.6 Å². The molecule has 26 heavy (non-hydrogen) atoms. The lowest BCUT2D eigenvalue weighted by Crippen LogP contribution is -2.26. The van der Waals surface area contributed by atoms with Gasteiger partial charge in [0.2, 0.25) is 15.9 Å². The quantitative estimate of drug-likeness (QED) is 0.629. The lowest BCUT2D eigenvalue weighted by Gasteiger charge is -2.07. The van der Waals surface area contributed by atoms with Crippen molar-refractivity contribution in [1.82, 2.24) is 9.71 Å². The highest BCUT2D eigenvalue weighted by Gasteiger charge is 2.14. The van der Waals surface area contributed by atoms with Gasteiger partial charge in [0.05, 0.1) is 15.5 Å². The summed E-state index contributed by atoms with van der Waals surface area (Å²) >= 11 is 3.19. The summed E-state index contributed by atoms with van der Waals surface area (Å²) in [6.07, 6.45) is 0.519. The Balaban J connectivity index is 1.57. The molecular formula is C17H17N3O3S3. The summed E-state index contributed by atoms with van der Waals surface area (Å²) in [5, 5.41) is 7.50. The van der Waals surface area contributed by atoms with Gasteiger partial charge in [0, 0.05) is 31.0 Å². The number of nitrogens with zero attached hydrogens (tertiary/aromatic N) is 1. The SMILES string of the molecule is CC(=O)Nc1ccc(S(=O)(=O)NCCc2csc(-c3cccs3)n2)cc1. The monoisotopic (exact) mass is 407 g/mol. The molecule has 3 aromatic rings. The molecule has 0 bridgehead atoms. The van der Waals surface area contributed by atoms with Crippen LogP contribution in [0.15, 0.2) is 52.1 Å². The number of anilines is 1. The van der Waals surface area contributed by atoms with Crippen LogP contribution in [-0.2, 0) is 21.2 Å². The fourth-order valence-corrected chi connectivity index (χ4v) is 4.95. The summed E-state index contributed by atoms with van der Waals surface area (Å²) in [5.41, 5.74) is 1.42. The molecule has 0 saturated carbocycles. The van der Waals surface area contributed by atoms with Crippen molar-refractivity contribution >= 4 is 44.3 Å². The van der Waals surface area contributed by atoms with Crippen LogP contribution in [0.5, 0.6) is 0 Å². The average Bonchev–Trinajstić information content (AvgIpc) is 3.26. The molecule has 0 saturated heterocycles. The molecule has 0 atom stereocenters. The van der Waals surface area contributed by atoms with Crippen molar-refractivity contribution in [2.24, 2.45) is 0 Å². The van der Waals surface area contributed by atoms with E-state index in [4.69, 9.17) is 0 Å². The van der Waals surface area contributed by atoms with Gasteiger partial charge in [-0.3, -0.25) is 4.79 Å². The number of rotatable bonds is 7. The Bertz CT molecular complexity index is 978. The molecule has 1 amide bonds. The number of thiazole rings is 1. The smallest absolute Gasteiger partial charge is 0.240 e. The van der Waals surface area contributed by atoms with Crippen molar-refractivity contribution < 1.29 is 13.2 Å². The molecule has 0 aliphatic rings. The molecule has 0 aliphatic heterocycles. The first-order valence-electron chi connectivity index (χ1n) is 7.80. The minimum atomic E-state index is -3.60. The molecule has 9 heteroatoms. The molecule has 0 spiro atoms. The number of benzene rings is 1. The minimum Gasteiger partial charge on any atom is -0.326 e. The lowest BCUT2D eigenvalue weighted by molar-refractivity contribution is -0.114. The van der Waals surface area contributed by atoms with Gasteiger partial charge in [-0.2, -0.15) is 0 Å². The summed E-state index contributed by atoms with van der Waals surface area (Å²) in [6.45, 7) is 1.66. The summed E-state index contributed by atoms with van der Waals surface area (Å²) < 4.78 is 27.2.